The lowest BCUT2D eigenvalue weighted by atomic mass is 10.0. The minimum atomic E-state index is -0.371. The van der Waals surface area contributed by atoms with E-state index in [9.17, 15) is 14.0 Å². The molecule has 7 nitrogen and oxygen atoms in total. The second-order valence-electron chi connectivity index (χ2n) is 7.89. The number of benzene rings is 2. The van der Waals surface area contributed by atoms with Gasteiger partial charge in [-0.05, 0) is 55.2 Å². The quantitative estimate of drug-likeness (QED) is 0.538. The van der Waals surface area contributed by atoms with E-state index >= 15 is 0 Å². The summed E-state index contributed by atoms with van der Waals surface area (Å²) < 4.78 is 15.0. The average Bonchev–Trinajstić information content (AvgIpc) is 3.31. The standard InChI is InChI=1S/C24H26FN5O2S/c1-2-17-5-3-4-6-21(17)30-16-26-28-24(30)33-15-22(31)29-13-11-20(12-14-29)27-23(32)18-7-9-19(25)10-8-18/h3-10,16,20H,2,11-15H2,1H3,(H,27,32). The molecule has 3 aromatic rings. The van der Waals surface area contributed by atoms with Crippen LogP contribution in [-0.2, 0) is 11.2 Å². The number of aryl methyl sites for hydroxylation is 1. The van der Waals surface area contributed by atoms with Crippen molar-refractivity contribution < 1.29 is 14.0 Å². The van der Waals surface area contributed by atoms with Crippen molar-refractivity contribution in [3.8, 4) is 5.69 Å². The zero-order valence-corrected chi connectivity index (χ0v) is 19.2. The Labute approximate surface area is 196 Å². The molecule has 0 saturated carbocycles. The van der Waals surface area contributed by atoms with Crippen LogP contribution in [0.3, 0.4) is 0 Å². The third-order valence-electron chi connectivity index (χ3n) is 5.76. The van der Waals surface area contributed by atoms with Crippen LogP contribution in [0.4, 0.5) is 4.39 Å². The van der Waals surface area contributed by atoms with E-state index in [2.05, 4.69) is 28.5 Å². The zero-order valence-electron chi connectivity index (χ0n) is 18.4. The van der Waals surface area contributed by atoms with Gasteiger partial charge in [0.15, 0.2) is 5.16 Å². The Balaban J connectivity index is 1.28. The normalized spacial score (nSPS) is 14.3. The summed E-state index contributed by atoms with van der Waals surface area (Å²) in [4.78, 5) is 26.9. The minimum Gasteiger partial charge on any atom is -0.349 e. The smallest absolute Gasteiger partial charge is 0.251 e. The van der Waals surface area contributed by atoms with E-state index in [1.165, 1.54) is 41.6 Å². The van der Waals surface area contributed by atoms with Crippen LogP contribution in [0.5, 0.6) is 0 Å². The maximum absolute atomic E-state index is 13.0. The number of likely N-dealkylation sites (tertiary alicyclic amines) is 1. The number of hydrogen-bond donors (Lipinski definition) is 1. The van der Waals surface area contributed by atoms with Gasteiger partial charge in [0.1, 0.15) is 12.1 Å². The Hall–Kier alpha value is -3.20. The van der Waals surface area contributed by atoms with Gasteiger partial charge in [0.25, 0.3) is 5.91 Å². The van der Waals surface area contributed by atoms with Gasteiger partial charge >= 0.3 is 0 Å². The topological polar surface area (TPSA) is 80.1 Å². The number of halogens is 1. The maximum Gasteiger partial charge on any atom is 0.251 e. The van der Waals surface area contributed by atoms with Crippen LogP contribution >= 0.6 is 11.8 Å². The summed E-state index contributed by atoms with van der Waals surface area (Å²) in [5, 5.41) is 11.9. The lowest BCUT2D eigenvalue weighted by Crippen LogP contribution is -2.47. The molecule has 0 bridgehead atoms. The molecule has 0 atom stereocenters. The molecule has 0 spiro atoms. The Kier molecular flexibility index (Phi) is 7.39. The Morgan fingerprint density at radius 3 is 2.58 bits per heavy atom. The molecule has 1 aromatic heterocycles. The van der Waals surface area contributed by atoms with Crippen LogP contribution in [0.1, 0.15) is 35.7 Å². The predicted molar refractivity (Wildman–Crippen MR) is 125 cm³/mol. The molecule has 2 aromatic carbocycles. The van der Waals surface area contributed by atoms with E-state index in [4.69, 9.17) is 0 Å². The van der Waals surface area contributed by atoms with Crippen LogP contribution in [-0.4, -0.2) is 56.4 Å². The number of aromatic nitrogens is 3. The molecule has 9 heteroatoms. The number of carbonyl (C=O) groups excluding carboxylic acids is 2. The van der Waals surface area contributed by atoms with E-state index in [1.807, 2.05) is 27.7 Å². The van der Waals surface area contributed by atoms with Gasteiger partial charge in [-0.25, -0.2) is 4.39 Å². The molecule has 0 unspecified atom stereocenters. The number of rotatable bonds is 7. The third kappa shape index (κ3) is 5.60. The minimum absolute atomic E-state index is 0.00657. The van der Waals surface area contributed by atoms with E-state index < -0.39 is 0 Å². The number of nitrogens with zero attached hydrogens (tertiary/aromatic N) is 4. The Bertz CT molecular complexity index is 1110. The second-order valence-corrected chi connectivity index (χ2v) is 8.83. The molecule has 1 N–H and O–H groups in total. The zero-order chi connectivity index (χ0) is 23.2. The number of carbonyl (C=O) groups is 2. The molecule has 1 fully saturated rings. The summed E-state index contributed by atoms with van der Waals surface area (Å²) in [6.45, 7) is 3.27. The van der Waals surface area contributed by atoms with E-state index in [0.717, 1.165) is 12.1 Å². The lowest BCUT2D eigenvalue weighted by molar-refractivity contribution is -0.129. The van der Waals surface area contributed by atoms with E-state index in [-0.39, 0.29) is 29.4 Å². The first kappa shape index (κ1) is 23.0. The molecule has 172 valence electrons. The molecule has 33 heavy (non-hydrogen) atoms. The largest absolute Gasteiger partial charge is 0.349 e. The highest BCUT2D eigenvalue weighted by Gasteiger charge is 2.24. The fraction of sp³-hybridized carbons (Fsp3) is 0.333. The van der Waals surface area contributed by atoms with E-state index in [0.29, 0.717) is 36.7 Å². The molecule has 1 aliphatic rings. The van der Waals surface area contributed by atoms with Crippen LogP contribution in [0.15, 0.2) is 60.0 Å². The van der Waals surface area contributed by atoms with Crippen molar-refractivity contribution >= 4 is 23.6 Å². The van der Waals surface area contributed by atoms with Gasteiger partial charge < -0.3 is 10.2 Å². The van der Waals surface area contributed by atoms with Gasteiger partial charge in [0.2, 0.25) is 5.91 Å². The fourth-order valence-corrected chi connectivity index (χ4v) is 4.72. The number of amides is 2. The van der Waals surface area contributed by atoms with Gasteiger partial charge in [-0.15, -0.1) is 10.2 Å². The Morgan fingerprint density at radius 2 is 1.85 bits per heavy atom. The number of hydrogen-bond acceptors (Lipinski definition) is 5. The van der Waals surface area contributed by atoms with Gasteiger partial charge in [-0.3, -0.25) is 14.2 Å². The number of para-hydroxylation sites is 1. The molecule has 2 amide bonds. The first-order valence-electron chi connectivity index (χ1n) is 11.0. The van der Waals surface area contributed by atoms with Crippen molar-refractivity contribution in [2.24, 2.45) is 0 Å². The predicted octanol–water partition coefficient (Wildman–Crippen LogP) is 3.48. The Morgan fingerprint density at radius 1 is 1.12 bits per heavy atom. The SMILES string of the molecule is CCc1ccccc1-n1cnnc1SCC(=O)N1CCC(NC(=O)c2ccc(F)cc2)CC1. The van der Waals surface area contributed by atoms with Crippen molar-refractivity contribution in [2.75, 3.05) is 18.8 Å². The van der Waals surface area contributed by atoms with Crippen molar-refractivity contribution in [1.82, 2.24) is 25.0 Å². The fourth-order valence-electron chi connectivity index (χ4n) is 3.89. The van der Waals surface area contributed by atoms with Crippen LogP contribution in [0, 0.1) is 5.82 Å². The second kappa shape index (κ2) is 10.6. The van der Waals surface area contributed by atoms with Crippen LogP contribution in [0.2, 0.25) is 0 Å². The van der Waals surface area contributed by atoms with E-state index in [1.54, 1.807) is 6.33 Å². The summed E-state index contributed by atoms with van der Waals surface area (Å²) in [5.41, 5.74) is 2.65. The molecular formula is C24H26FN5O2S. The molecule has 4 rings (SSSR count). The van der Waals surface area contributed by atoms with Gasteiger partial charge in [-0.2, -0.15) is 0 Å². The number of thioether (sulfide) groups is 1. The monoisotopic (exact) mass is 467 g/mol. The highest BCUT2D eigenvalue weighted by Crippen LogP contribution is 2.23. The molecule has 1 saturated heterocycles. The molecule has 2 heterocycles. The number of nitrogens with one attached hydrogen (secondary N) is 1. The maximum atomic E-state index is 13.0. The van der Waals surface area contributed by atoms with Gasteiger partial charge in [0.05, 0.1) is 11.4 Å². The van der Waals surface area contributed by atoms with Crippen LogP contribution < -0.4 is 5.32 Å². The van der Waals surface area contributed by atoms with Crippen molar-refractivity contribution in [3.63, 3.8) is 0 Å². The average molecular weight is 468 g/mol. The summed E-state index contributed by atoms with van der Waals surface area (Å²) >= 11 is 1.38. The van der Waals surface area contributed by atoms with Crippen molar-refractivity contribution in [3.05, 3.63) is 71.8 Å². The van der Waals surface area contributed by atoms with Crippen molar-refractivity contribution in [2.45, 2.75) is 37.4 Å². The third-order valence-corrected chi connectivity index (χ3v) is 6.69. The molecular weight excluding hydrogens is 441 g/mol. The summed E-state index contributed by atoms with van der Waals surface area (Å²) in [6.07, 6.45) is 3.94. The van der Waals surface area contributed by atoms with Crippen LogP contribution in [0.25, 0.3) is 5.69 Å². The molecule has 0 aliphatic carbocycles. The highest BCUT2D eigenvalue weighted by atomic mass is 32.2. The molecule has 0 radical (unpaired) electrons. The first-order valence-corrected chi connectivity index (χ1v) is 12.0. The summed E-state index contributed by atoms with van der Waals surface area (Å²) in [6, 6.07) is 13.6. The molecule has 1 aliphatic heterocycles. The van der Waals surface area contributed by atoms with Gasteiger partial charge in [-0.1, -0.05) is 36.9 Å². The first-order chi connectivity index (χ1) is 16.0. The summed E-state index contributed by atoms with van der Waals surface area (Å²) in [5.74, 6) is -0.271. The lowest BCUT2D eigenvalue weighted by Gasteiger charge is -2.32. The number of piperidine rings is 1. The van der Waals surface area contributed by atoms with Gasteiger partial charge in [0, 0.05) is 24.7 Å². The highest BCUT2D eigenvalue weighted by molar-refractivity contribution is 7.99. The summed E-state index contributed by atoms with van der Waals surface area (Å²) in [7, 11) is 0. The van der Waals surface area contributed by atoms with Crippen molar-refractivity contribution in [1.29, 1.82) is 0 Å².